The molecule has 0 radical (unpaired) electrons. The molecule has 1 fully saturated rings. The number of nitrogens with one attached hydrogen (secondary N) is 1. The van der Waals surface area contributed by atoms with E-state index >= 15 is 0 Å². The molecule has 1 heterocycles. The Labute approximate surface area is 85.0 Å². The molecule has 0 spiro atoms. The fourth-order valence-corrected chi connectivity index (χ4v) is 2.20. The molecule has 0 aliphatic carbocycles. The van der Waals surface area contributed by atoms with E-state index in [0.717, 1.165) is 13.0 Å². The summed E-state index contributed by atoms with van der Waals surface area (Å²) in [4.78, 5) is 0. The van der Waals surface area contributed by atoms with E-state index in [-0.39, 0.29) is 6.61 Å². The molecule has 2 nitrogen and oxygen atoms in total. The van der Waals surface area contributed by atoms with Gasteiger partial charge in [0.2, 0.25) is 0 Å². The lowest BCUT2D eigenvalue weighted by molar-refractivity contribution is 0.226. The standard InChI is InChI=1S/C12H17NO/c14-9-12-11(6-7-13-12)8-10-4-2-1-3-5-10/h1-5,11-14H,6-9H2. The van der Waals surface area contributed by atoms with Crippen LogP contribution in [0.25, 0.3) is 0 Å². The first-order chi connectivity index (χ1) is 6.90. The average molecular weight is 191 g/mol. The van der Waals surface area contributed by atoms with E-state index in [1.807, 2.05) is 6.07 Å². The first-order valence-corrected chi connectivity index (χ1v) is 5.28. The molecule has 1 aromatic rings. The van der Waals surface area contributed by atoms with Gasteiger partial charge in [-0.1, -0.05) is 30.3 Å². The van der Waals surface area contributed by atoms with Crippen LogP contribution in [0.5, 0.6) is 0 Å². The topological polar surface area (TPSA) is 32.3 Å². The maximum atomic E-state index is 9.15. The summed E-state index contributed by atoms with van der Waals surface area (Å²) in [7, 11) is 0. The first kappa shape index (κ1) is 9.69. The molecule has 2 heteroatoms. The zero-order chi connectivity index (χ0) is 9.80. The second kappa shape index (κ2) is 4.58. The smallest absolute Gasteiger partial charge is 0.0587 e. The minimum atomic E-state index is 0.261. The number of hydrogen-bond acceptors (Lipinski definition) is 2. The number of rotatable bonds is 3. The molecular formula is C12H17NO. The molecular weight excluding hydrogens is 174 g/mol. The molecule has 1 aromatic carbocycles. The Morgan fingerprint density at radius 3 is 2.79 bits per heavy atom. The highest BCUT2D eigenvalue weighted by Gasteiger charge is 2.25. The molecule has 2 rings (SSSR count). The number of benzene rings is 1. The van der Waals surface area contributed by atoms with Gasteiger partial charge in [0.25, 0.3) is 0 Å². The lowest BCUT2D eigenvalue weighted by atomic mass is 9.93. The normalized spacial score (nSPS) is 26.6. The Hall–Kier alpha value is -0.860. The molecule has 1 aliphatic heterocycles. The number of hydrogen-bond donors (Lipinski definition) is 2. The van der Waals surface area contributed by atoms with Crippen LogP contribution < -0.4 is 5.32 Å². The van der Waals surface area contributed by atoms with Gasteiger partial charge in [0.1, 0.15) is 0 Å². The third-order valence-corrected chi connectivity index (χ3v) is 3.03. The van der Waals surface area contributed by atoms with Gasteiger partial charge in [0.05, 0.1) is 6.61 Å². The molecule has 14 heavy (non-hydrogen) atoms. The molecule has 1 saturated heterocycles. The molecule has 2 N–H and O–H groups in total. The minimum Gasteiger partial charge on any atom is -0.395 e. The van der Waals surface area contributed by atoms with Crippen LogP contribution in [0, 0.1) is 5.92 Å². The summed E-state index contributed by atoms with van der Waals surface area (Å²) in [6.07, 6.45) is 2.26. The highest BCUT2D eigenvalue weighted by Crippen LogP contribution is 2.20. The van der Waals surface area contributed by atoms with Gasteiger partial charge < -0.3 is 10.4 Å². The molecule has 0 aromatic heterocycles. The third-order valence-electron chi connectivity index (χ3n) is 3.03. The summed E-state index contributed by atoms with van der Waals surface area (Å²) in [5, 5.41) is 12.5. The van der Waals surface area contributed by atoms with Crippen LogP contribution in [0.4, 0.5) is 0 Å². The molecule has 1 aliphatic rings. The fourth-order valence-electron chi connectivity index (χ4n) is 2.20. The van der Waals surface area contributed by atoms with E-state index in [4.69, 9.17) is 5.11 Å². The van der Waals surface area contributed by atoms with Crippen molar-refractivity contribution < 1.29 is 5.11 Å². The van der Waals surface area contributed by atoms with E-state index < -0.39 is 0 Å². The van der Waals surface area contributed by atoms with E-state index in [0.29, 0.717) is 12.0 Å². The third kappa shape index (κ3) is 2.14. The molecule has 2 unspecified atom stereocenters. The summed E-state index contributed by atoms with van der Waals surface area (Å²) in [5.41, 5.74) is 1.37. The van der Waals surface area contributed by atoms with Crippen molar-refractivity contribution in [3.63, 3.8) is 0 Å². The van der Waals surface area contributed by atoms with Crippen LogP contribution in [0.15, 0.2) is 30.3 Å². The van der Waals surface area contributed by atoms with Crippen molar-refractivity contribution in [1.29, 1.82) is 0 Å². The van der Waals surface area contributed by atoms with E-state index in [9.17, 15) is 0 Å². The summed E-state index contributed by atoms with van der Waals surface area (Å²) in [6, 6.07) is 10.8. The zero-order valence-electron chi connectivity index (χ0n) is 8.32. The Morgan fingerprint density at radius 1 is 1.29 bits per heavy atom. The Balaban J connectivity index is 1.97. The lowest BCUT2D eigenvalue weighted by Gasteiger charge is -2.16. The number of aliphatic hydroxyl groups is 1. The highest BCUT2D eigenvalue weighted by atomic mass is 16.3. The van der Waals surface area contributed by atoms with Crippen LogP contribution >= 0.6 is 0 Å². The SMILES string of the molecule is OCC1NCCC1Cc1ccccc1. The summed E-state index contributed by atoms with van der Waals surface area (Å²) >= 11 is 0. The van der Waals surface area contributed by atoms with Crippen molar-refractivity contribution >= 4 is 0 Å². The Kier molecular flexibility index (Phi) is 3.17. The van der Waals surface area contributed by atoms with Crippen LogP contribution in [0.2, 0.25) is 0 Å². The van der Waals surface area contributed by atoms with E-state index in [2.05, 4.69) is 29.6 Å². The van der Waals surface area contributed by atoms with Crippen LogP contribution in [0.1, 0.15) is 12.0 Å². The Bertz CT molecular complexity index is 273. The van der Waals surface area contributed by atoms with Crippen molar-refractivity contribution in [3.8, 4) is 0 Å². The lowest BCUT2D eigenvalue weighted by Crippen LogP contribution is -2.31. The summed E-state index contributed by atoms with van der Waals surface area (Å²) in [6.45, 7) is 1.31. The Morgan fingerprint density at radius 2 is 2.07 bits per heavy atom. The second-order valence-corrected chi connectivity index (χ2v) is 3.98. The molecule has 0 saturated carbocycles. The fraction of sp³-hybridized carbons (Fsp3) is 0.500. The first-order valence-electron chi connectivity index (χ1n) is 5.28. The maximum Gasteiger partial charge on any atom is 0.0587 e. The van der Waals surface area contributed by atoms with Crippen LogP contribution in [-0.4, -0.2) is 24.3 Å². The van der Waals surface area contributed by atoms with Gasteiger partial charge in [0.15, 0.2) is 0 Å². The van der Waals surface area contributed by atoms with E-state index in [1.165, 1.54) is 12.0 Å². The predicted octanol–water partition coefficient (Wildman–Crippen LogP) is 1.20. The van der Waals surface area contributed by atoms with Crippen molar-refractivity contribution in [2.45, 2.75) is 18.9 Å². The number of aliphatic hydroxyl groups excluding tert-OH is 1. The van der Waals surface area contributed by atoms with E-state index in [1.54, 1.807) is 0 Å². The second-order valence-electron chi connectivity index (χ2n) is 3.98. The molecule has 0 bridgehead atoms. The van der Waals surface area contributed by atoms with Gasteiger partial charge >= 0.3 is 0 Å². The van der Waals surface area contributed by atoms with Crippen molar-refractivity contribution in [2.75, 3.05) is 13.2 Å². The van der Waals surface area contributed by atoms with Crippen molar-refractivity contribution in [2.24, 2.45) is 5.92 Å². The predicted molar refractivity (Wildman–Crippen MR) is 57.1 cm³/mol. The largest absolute Gasteiger partial charge is 0.395 e. The highest BCUT2D eigenvalue weighted by molar-refractivity contribution is 5.16. The van der Waals surface area contributed by atoms with Gasteiger partial charge in [-0.3, -0.25) is 0 Å². The van der Waals surface area contributed by atoms with Crippen LogP contribution in [0.3, 0.4) is 0 Å². The van der Waals surface area contributed by atoms with Gasteiger partial charge in [-0.2, -0.15) is 0 Å². The molecule has 76 valence electrons. The van der Waals surface area contributed by atoms with Gasteiger partial charge in [-0.05, 0) is 30.9 Å². The van der Waals surface area contributed by atoms with Gasteiger partial charge in [-0.25, -0.2) is 0 Å². The van der Waals surface area contributed by atoms with Gasteiger partial charge in [0, 0.05) is 6.04 Å². The summed E-state index contributed by atoms with van der Waals surface area (Å²) in [5.74, 6) is 0.599. The van der Waals surface area contributed by atoms with Gasteiger partial charge in [-0.15, -0.1) is 0 Å². The monoisotopic (exact) mass is 191 g/mol. The molecule has 2 atom stereocenters. The maximum absolute atomic E-state index is 9.15. The zero-order valence-corrected chi connectivity index (χ0v) is 8.32. The molecule has 0 amide bonds. The van der Waals surface area contributed by atoms with Crippen molar-refractivity contribution in [3.05, 3.63) is 35.9 Å². The van der Waals surface area contributed by atoms with Crippen molar-refractivity contribution in [1.82, 2.24) is 5.32 Å². The van der Waals surface area contributed by atoms with Crippen LogP contribution in [-0.2, 0) is 6.42 Å². The summed E-state index contributed by atoms with van der Waals surface area (Å²) < 4.78 is 0. The minimum absolute atomic E-state index is 0.261. The quantitative estimate of drug-likeness (QED) is 0.752. The average Bonchev–Trinajstić information content (AvgIpc) is 2.67.